The molecule has 0 saturated heterocycles. The number of carbonyl (C=O) groups is 1. The number of aryl methyl sites for hydroxylation is 1. The summed E-state index contributed by atoms with van der Waals surface area (Å²) in [4.78, 5) is 12.5. The highest BCUT2D eigenvalue weighted by molar-refractivity contribution is 6.40. The van der Waals surface area contributed by atoms with Crippen LogP contribution in [0, 0.1) is 0 Å². The Hall–Kier alpha value is -1.23. The van der Waals surface area contributed by atoms with E-state index in [2.05, 4.69) is 5.10 Å². The third-order valence-electron chi connectivity index (χ3n) is 2.79. The van der Waals surface area contributed by atoms with Crippen LogP contribution in [0.4, 0.5) is 5.69 Å². The molecule has 0 fully saturated rings. The molecule has 0 saturated carbocycles. The maximum absolute atomic E-state index is 12.5. The van der Waals surface area contributed by atoms with Crippen molar-refractivity contribution in [1.29, 1.82) is 0 Å². The number of nitrogens with two attached hydrogens (primary N) is 1. The molecule has 20 heavy (non-hydrogen) atoms. The molecule has 4 nitrogen and oxygen atoms in total. The normalized spacial score (nSPS) is 10.8. The zero-order valence-electron chi connectivity index (χ0n) is 10.7. The Kier molecular flexibility index (Phi) is 4.58. The van der Waals surface area contributed by atoms with Crippen molar-refractivity contribution < 1.29 is 4.79 Å². The van der Waals surface area contributed by atoms with Gasteiger partial charge in [-0.25, -0.2) is 0 Å². The van der Waals surface area contributed by atoms with Crippen LogP contribution < -0.4 is 5.73 Å². The van der Waals surface area contributed by atoms with Gasteiger partial charge >= 0.3 is 0 Å². The van der Waals surface area contributed by atoms with Gasteiger partial charge in [0.2, 0.25) is 5.78 Å². The Balaban J connectivity index is 2.49. The van der Waals surface area contributed by atoms with Crippen LogP contribution in [0.3, 0.4) is 0 Å². The molecule has 0 radical (unpaired) electrons. The van der Waals surface area contributed by atoms with Crippen LogP contribution in [0.25, 0.3) is 0 Å². The highest BCUT2D eigenvalue weighted by atomic mass is 35.5. The molecule has 7 heteroatoms. The van der Waals surface area contributed by atoms with Gasteiger partial charge in [-0.15, -0.1) is 0 Å². The lowest BCUT2D eigenvalue weighted by molar-refractivity contribution is 0.102. The zero-order chi connectivity index (χ0) is 14.9. The highest BCUT2D eigenvalue weighted by Crippen LogP contribution is 2.30. The predicted octanol–water partition coefficient (Wildman–Crippen LogP) is 4.07. The summed E-state index contributed by atoms with van der Waals surface area (Å²) in [5.74, 6) is -0.287. The standard InChI is InChI=1S/C13H12Cl3N3O/c1-2-3-19-12(10(16)6-18-19)13(20)7-4-8(14)11(17)9(15)5-7/h4-6H,2-3,17H2,1H3. The van der Waals surface area contributed by atoms with Gasteiger partial charge in [-0.1, -0.05) is 41.7 Å². The number of carbonyl (C=O) groups excluding carboxylic acids is 1. The lowest BCUT2D eigenvalue weighted by atomic mass is 10.1. The molecule has 0 amide bonds. The Bertz CT molecular complexity index is 644. The van der Waals surface area contributed by atoms with Crippen LogP contribution in [0.1, 0.15) is 29.4 Å². The van der Waals surface area contributed by atoms with Gasteiger partial charge in [0.1, 0.15) is 5.69 Å². The summed E-state index contributed by atoms with van der Waals surface area (Å²) in [6, 6.07) is 2.95. The van der Waals surface area contributed by atoms with Gasteiger partial charge in [0, 0.05) is 12.1 Å². The molecule has 2 rings (SSSR count). The maximum Gasteiger partial charge on any atom is 0.212 e. The largest absolute Gasteiger partial charge is 0.396 e. The molecule has 0 aliphatic heterocycles. The first-order valence-corrected chi connectivity index (χ1v) is 7.09. The van der Waals surface area contributed by atoms with E-state index in [1.165, 1.54) is 18.3 Å². The number of ketones is 1. The first-order valence-electron chi connectivity index (χ1n) is 5.96. The second-order valence-corrected chi connectivity index (χ2v) is 5.47. The topological polar surface area (TPSA) is 60.9 Å². The van der Waals surface area contributed by atoms with E-state index >= 15 is 0 Å². The number of nitrogen functional groups attached to an aromatic ring is 1. The third kappa shape index (κ3) is 2.77. The van der Waals surface area contributed by atoms with Gasteiger partial charge in [-0.3, -0.25) is 9.48 Å². The summed E-state index contributed by atoms with van der Waals surface area (Å²) >= 11 is 17.9. The fraction of sp³-hybridized carbons (Fsp3) is 0.231. The van der Waals surface area contributed by atoms with Crippen LogP contribution in [0.5, 0.6) is 0 Å². The van der Waals surface area contributed by atoms with Gasteiger partial charge < -0.3 is 5.73 Å². The van der Waals surface area contributed by atoms with E-state index in [0.717, 1.165) is 6.42 Å². The summed E-state index contributed by atoms with van der Waals surface area (Å²) in [6.45, 7) is 2.59. The lowest BCUT2D eigenvalue weighted by Gasteiger charge is -2.08. The number of hydrogen-bond acceptors (Lipinski definition) is 3. The van der Waals surface area contributed by atoms with Crippen molar-refractivity contribution in [2.75, 3.05) is 5.73 Å². The minimum absolute atomic E-state index is 0.235. The summed E-state index contributed by atoms with van der Waals surface area (Å²) < 4.78 is 1.57. The molecule has 2 aromatic rings. The van der Waals surface area contributed by atoms with Crippen LogP contribution in [-0.4, -0.2) is 15.6 Å². The summed E-state index contributed by atoms with van der Waals surface area (Å²) in [5.41, 5.74) is 6.56. The number of nitrogens with zero attached hydrogens (tertiary/aromatic N) is 2. The van der Waals surface area contributed by atoms with Crippen molar-refractivity contribution in [3.63, 3.8) is 0 Å². The second-order valence-electron chi connectivity index (χ2n) is 4.25. The molecular formula is C13H12Cl3N3O. The van der Waals surface area contributed by atoms with Crippen molar-refractivity contribution in [3.8, 4) is 0 Å². The lowest BCUT2D eigenvalue weighted by Crippen LogP contribution is -2.12. The first kappa shape index (κ1) is 15.2. The van der Waals surface area contributed by atoms with Crippen LogP contribution in [0.15, 0.2) is 18.3 Å². The molecule has 1 heterocycles. The minimum Gasteiger partial charge on any atom is -0.396 e. The SMILES string of the molecule is CCCn1ncc(Cl)c1C(=O)c1cc(Cl)c(N)c(Cl)c1. The van der Waals surface area contributed by atoms with E-state index in [4.69, 9.17) is 40.5 Å². The van der Waals surface area contributed by atoms with Crippen LogP contribution in [-0.2, 0) is 6.54 Å². The fourth-order valence-corrected chi connectivity index (χ4v) is 2.54. The summed E-state index contributed by atoms with van der Waals surface area (Å²) in [6.07, 6.45) is 2.28. The Labute approximate surface area is 131 Å². The molecule has 1 aromatic carbocycles. The van der Waals surface area contributed by atoms with Crippen molar-refractivity contribution in [2.24, 2.45) is 0 Å². The van der Waals surface area contributed by atoms with Gasteiger partial charge in [0.25, 0.3) is 0 Å². The van der Waals surface area contributed by atoms with E-state index in [1.54, 1.807) is 4.68 Å². The van der Waals surface area contributed by atoms with Gasteiger partial charge in [-0.05, 0) is 18.6 Å². The number of aromatic nitrogens is 2. The molecule has 0 atom stereocenters. The van der Waals surface area contributed by atoms with E-state index in [-0.39, 0.29) is 21.5 Å². The van der Waals surface area contributed by atoms with E-state index in [9.17, 15) is 4.79 Å². The number of halogens is 3. The van der Waals surface area contributed by atoms with Crippen molar-refractivity contribution in [2.45, 2.75) is 19.9 Å². The second kappa shape index (κ2) is 6.04. The molecule has 0 bridgehead atoms. The predicted molar refractivity (Wildman–Crippen MR) is 81.8 cm³/mol. The minimum atomic E-state index is -0.287. The summed E-state index contributed by atoms with van der Waals surface area (Å²) in [7, 11) is 0. The van der Waals surface area contributed by atoms with Gasteiger partial charge in [0.05, 0.1) is 27.0 Å². The number of anilines is 1. The number of rotatable bonds is 4. The van der Waals surface area contributed by atoms with E-state index in [0.29, 0.717) is 22.8 Å². The van der Waals surface area contributed by atoms with Crippen molar-refractivity contribution in [3.05, 3.63) is 44.7 Å². The number of hydrogen-bond donors (Lipinski definition) is 1. The van der Waals surface area contributed by atoms with Gasteiger partial charge in [0.15, 0.2) is 0 Å². The molecule has 0 unspecified atom stereocenters. The summed E-state index contributed by atoms with van der Waals surface area (Å²) in [5, 5.41) is 4.86. The average Bonchev–Trinajstić information content (AvgIpc) is 2.76. The number of benzene rings is 1. The molecule has 0 aliphatic carbocycles. The zero-order valence-corrected chi connectivity index (χ0v) is 12.9. The van der Waals surface area contributed by atoms with E-state index in [1.807, 2.05) is 6.92 Å². The smallest absolute Gasteiger partial charge is 0.212 e. The Morgan fingerprint density at radius 2 is 1.85 bits per heavy atom. The van der Waals surface area contributed by atoms with E-state index < -0.39 is 0 Å². The molecule has 1 aromatic heterocycles. The molecule has 0 spiro atoms. The Morgan fingerprint density at radius 1 is 1.25 bits per heavy atom. The van der Waals surface area contributed by atoms with Crippen molar-refractivity contribution >= 4 is 46.3 Å². The maximum atomic E-state index is 12.5. The molecule has 2 N–H and O–H groups in total. The van der Waals surface area contributed by atoms with Crippen LogP contribution >= 0.6 is 34.8 Å². The van der Waals surface area contributed by atoms with Crippen LogP contribution in [0.2, 0.25) is 15.1 Å². The molecular weight excluding hydrogens is 321 g/mol. The Morgan fingerprint density at radius 3 is 2.40 bits per heavy atom. The molecule has 106 valence electrons. The first-order chi connectivity index (χ1) is 9.45. The van der Waals surface area contributed by atoms with Gasteiger partial charge in [-0.2, -0.15) is 5.10 Å². The monoisotopic (exact) mass is 331 g/mol. The third-order valence-corrected chi connectivity index (χ3v) is 3.69. The fourth-order valence-electron chi connectivity index (χ4n) is 1.82. The average molecular weight is 333 g/mol. The van der Waals surface area contributed by atoms with Crippen molar-refractivity contribution in [1.82, 2.24) is 9.78 Å². The highest BCUT2D eigenvalue weighted by Gasteiger charge is 2.20. The quantitative estimate of drug-likeness (QED) is 0.678. The molecule has 0 aliphatic rings.